The van der Waals surface area contributed by atoms with Crippen LogP contribution in [0, 0.1) is 0 Å². The van der Waals surface area contributed by atoms with Crippen LogP contribution in [-0.4, -0.2) is 4.98 Å². The summed E-state index contributed by atoms with van der Waals surface area (Å²) in [5.74, 6) is 0. The second kappa shape index (κ2) is 5.98. The zero-order valence-corrected chi connectivity index (χ0v) is 11.1. The van der Waals surface area contributed by atoms with Crippen LogP contribution in [0.2, 0.25) is 0 Å². The van der Waals surface area contributed by atoms with Crippen LogP contribution in [0.1, 0.15) is 11.1 Å². The summed E-state index contributed by atoms with van der Waals surface area (Å²) in [4.78, 5) is 4.35. The van der Waals surface area contributed by atoms with E-state index in [0.29, 0.717) is 0 Å². The van der Waals surface area contributed by atoms with Crippen molar-refractivity contribution >= 4 is 12.2 Å². The van der Waals surface area contributed by atoms with E-state index in [0.717, 1.165) is 11.3 Å². The molecule has 0 aliphatic carbocycles. The van der Waals surface area contributed by atoms with Gasteiger partial charge >= 0.3 is 0 Å². The maximum absolute atomic E-state index is 4.35. The van der Waals surface area contributed by atoms with Crippen molar-refractivity contribution in [2.75, 3.05) is 0 Å². The fourth-order valence-electron chi connectivity index (χ4n) is 2.06. The van der Waals surface area contributed by atoms with Crippen molar-refractivity contribution in [1.29, 1.82) is 0 Å². The molecule has 1 heterocycles. The molecule has 0 aliphatic heterocycles. The predicted molar refractivity (Wildman–Crippen MR) is 85.0 cm³/mol. The van der Waals surface area contributed by atoms with E-state index in [9.17, 15) is 0 Å². The molecular formula is C19H15N. The molecule has 2 aromatic carbocycles. The standard InChI is InChI=1S/C19H15N/c1-2-6-16(7-3-1)9-10-17-11-13-18(14-12-17)19-8-4-5-15-20-19/h1-15H. The molecule has 20 heavy (non-hydrogen) atoms. The van der Waals surface area contributed by atoms with Gasteiger partial charge in [-0.3, -0.25) is 4.98 Å². The fraction of sp³-hybridized carbons (Fsp3) is 0. The summed E-state index contributed by atoms with van der Waals surface area (Å²) in [5, 5.41) is 0. The molecule has 1 heteroatoms. The van der Waals surface area contributed by atoms with E-state index in [1.165, 1.54) is 11.1 Å². The van der Waals surface area contributed by atoms with Crippen molar-refractivity contribution in [3.63, 3.8) is 0 Å². The SMILES string of the molecule is C(=Cc1ccc(-c2ccccn2)cc1)c1ccccc1. The lowest BCUT2D eigenvalue weighted by molar-refractivity contribution is 1.33. The van der Waals surface area contributed by atoms with Crippen LogP contribution in [0.15, 0.2) is 79.0 Å². The molecule has 0 bridgehead atoms. The van der Waals surface area contributed by atoms with Crippen LogP contribution >= 0.6 is 0 Å². The monoisotopic (exact) mass is 257 g/mol. The topological polar surface area (TPSA) is 12.9 Å². The van der Waals surface area contributed by atoms with Gasteiger partial charge in [0, 0.05) is 11.8 Å². The highest BCUT2D eigenvalue weighted by Crippen LogP contribution is 2.18. The van der Waals surface area contributed by atoms with Gasteiger partial charge in [0.25, 0.3) is 0 Å². The van der Waals surface area contributed by atoms with Crippen molar-refractivity contribution in [3.05, 3.63) is 90.1 Å². The summed E-state index contributed by atoms with van der Waals surface area (Å²) >= 11 is 0. The molecule has 0 saturated heterocycles. The number of pyridine rings is 1. The van der Waals surface area contributed by atoms with Crippen LogP contribution in [0.3, 0.4) is 0 Å². The Morgan fingerprint density at radius 1 is 0.600 bits per heavy atom. The summed E-state index contributed by atoms with van der Waals surface area (Å²) in [7, 11) is 0. The van der Waals surface area contributed by atoms with E-state index in [1.807, 2.05) is 42.6 Å². The average molecular weight is 257 g/mol. The molecule has 0 aliphatic rings. The van der Waals surface area contributed by atoms with Gasteiger partial charge in [0.05, 0.1) is 5.69 Å². The quantitative estimate of drug-likeness (QED) is 0.607. The third-order valence-corrected chi connectivity index (χ3v) is 3.14. The van der Waals surface area contributed by atoms with Crippen LogP contribution in [0.25, 0.3) is 23.4 Å². The van der Waals surface area contributed by atoms with E-state index >= 15 is 0 Å². The fourth-order valence-corrected chi connectivity index (χ4v) is 2.06. The van der Waals surface area contributed by atoms with Gasteiger partial charge < -0.3 is 0 Å². The summed E-state index contributed by atoms with van der Waals surface area (Å²) in [5.41, 5.74) is 4.54. The van der Waals surface area contributed by atoms with Gasteiger partial charge in [-0.05, 0) is 23.3 Å². The Labute approximate surface area is 119 Å². The first kappa shape index (κ1) is 12.4. The predicted octanol–water partition coefficient (Wildman–Crippen LogP) is 4.92. The van der Waals surface area contributed by atoms with Crippen molar-refractivity contribution in [2.45, 2.75) is 0 Å². The molecule has 3 rings (SSSR count). The second-order valence-electron chi connectivity index (χ2n) is 4.58. The second-order valence-corrected chi connectivity index (χ2v) is 4.58. The van der Waals surface area contributed by atoms with Crippen molar-refractivity contribution in [2.24, 2.45) is 0 Å². The zero-order valence-electron chi connectivity index (χ0n) is 11.1. The lowest BCUT2D eigenvalue weighted by atomic mass is 10.1. The van der Waals surface area contributed by atoms with Crippen molar-refractivity contribution in [1.82, 2.24) is 4.98 Å². The Bertz CT molecular complexity index is 683. The molecule has 0 fully saturated rings. The molecule has 96 valence electrons. The number of benzene rings is 2. The summed E-state index contributed by atoms with van der Waals surface area (Å²) in [6.45, 7) is 0. The summed E-state index contributed by atoms with van der Waals surface area (Å²) < 4.78 is 0. The zero-order chi connectivity index (χ0) is 13.6. The van der Waals surface area contributed by atoms with Gasteiger partial charge in [-0.2, -0.15) is 0 Å². The normalized spacial score (nSPS) is 10.8. The average Bonchev–Trinajstić information content (AvgIpc) is 2.55. The third-order valence-electron chi connectivity index (χ3n) is 3.14. The Balaban J connectivity index is 1.79. The van der Waals surface area contributed by atoms with E-state index in [-0.39, 0.29) is 0 Å². The maximum atomic E-state index is 4.35. The van der Waals surface area contributed by atoms with E-state index < -0.39 is 0 Å². The highest BCUT2D eigenvalue weighted by atomic mass is 14.7. The largest absolute Gasteiger partial charge is 0.256 e. The molecule has 0 atom stereocenters. The Morgan fingerprint density at radius 3 is 1.90 bits per heavy atom. The summed E-state index contributed by atoms with van der Waals surface area (Å²) in [6.07, 6.45) is 6.06. The molecule has 1 nitrogen and oxygen atoms in total. The minimum absolute atomic E-state index is 1.01. The number of rotatable bonds is 3. The molecule has 0 unspecified atom stereocenters. The van der Waals surface area contributed by atoms with Gasteiger partial charge in [-0.25, -0.2) is 0 Å². The first-order valence-corrected chi connectivity index (χ1v) is 6.66. The number of hydrogen-bond acceptors (Lipinski definition) is 1. The van der Waals surface area contributed by atoms with Crippen LogP contribution in [-0.2, 0) is 0 Å². The molecule has 1 aromatic heterocycles. The van der Waals surface area contributed by atoms with Crippen LogP contribution in [0.5, 0.6) is 0 Å². The van der Waals surface area contributed by atoms with Crippen molar-refractivity contribution in [3.8, 4) is 11.3 Å². The Morgan fingerprint density at radius 2 is 1.25 bits per heavy atom. The molecule has 0 N–H and O–H groups in total. The van der Waals surface area contributed by atoms with Gasteiger partial charge in [-0.15, -0.1) is 0 Å². The van der Waals surface area contributed by atoms with Gasteiger partial charge in [-0.1, -0.05) is 72.8 Å². The van der Waals surface area contributed by atoms with Crippen molar-refractivity contribution < 1.29 is 0 Å². The van der Waals surface area contributed by atoms with Gasteiger partial charge in [0.2, 0.25) is 0 Å². The van der Waals surface area contributed by atoms with Gasteiger partial charge in [0.1, 0.15) is 0 Å². The molecule has 3 aromatic rings. The first-order valence-electron chi connectivity index (χ1n) is 6.66. The third kappa shape index (κ3) is 3.01. The molecule has 0 amide bonds. The Kier molecular flexibility index (Phi) is 3.70. The van der Waals surface area contributed by atoms with Gasteiger partial charge in [0.15, 0.2) is 0 Å². The molecule has 0 spiro atoms. The number of nitrogens with zero attached hydrogens (tertiary/aromatic N) is 1. The summed E-state index contributed by atoms with van der Waals surface area (Å²) in [6, 6.07) is 24.7. The molecular weight excluding hydrogens is 242 g/mol. The van der Waals surface area contributed by atoms with E-state index in [2.05, 4.69) is 53.5 Å². The van der Waals surface area contributed by atoms with E-state index in [1.54, 1.807) is 0 Å². The Hall–Kier alpha value is -2.67. The lowest BCUT2D eigenvalue weighted by Crippen LogP contribution is -1.81. The van der Waals surface area contributed by atoms with Crippen LogP contribution < -0.4 is 0 Å². The minimum atomic E-state index is 1.01. The maximum Gasteiger partial charge on any atom is 0.0701 e. The highest BCUT2D eigenvalue weighted by molar-refractivity contribution is 5.71. The lowest BCUT2D eigenvalue weighted by Gasteiger charge is -2.01. The number of aromatic nitrogens is 1. The van der Waals surface area contributed by atoms with E-state index in [4.69, 9.17) is 0 Å². The smallest absolute Gasteiger partial charge is 0.0701 e. The van der Waals surface area contributed by atoms with Crippen LogP contribution in [0.4, 0.5) is 0 Å². The molecule has 0 radical (unpaired) electrons. The first-order chi connectivity index (χ1) is 9.92. The minimum Gasteiger partial charge on any atom is -0.256 e. The molecule has 0 saturated carbocycles. The highest BCUT2D eigenvalue weighted by Gasteiger charge is 1.96. The number of hydrogen-bond donors (Lipinski definition) is 0.